The number of hydrogen-bond donors (Lipinski definition) is 1. The smallest absolute Gasteiger partial charge is 0.264 e. The molecular formula is C28H33N3O7S2. The van der Waals surface area contributed by atoms with Crippen molar-refractivity contribution in [2.45, 2.75) is 36.0 Å². The summed E-state index contributed by atoms with van der Waals surface area (Å²) in [5, 5.41) is 2.65. The van der Waals surface area contributed by atoms with Gasteiger partial charge >= 0.3 is 0 Å². The fraction of sp³-hybridized carbons (Fsp3) is 0.321. The van der Waals surface area contributed by atoms with Crippen LogP contribution in [0.4, 0.5) is 11.4 Å². The van der Waals surface area contributed by atoms with Crippen molar-refractivity contribution in [2.24, 2.45) is 0 Å². The lowest BCUT2D eigenvalue weighted by molar-refractivity contribution is -0.114. The highest BCUT2D eigenvalue weighted by molar-refractivity contribution is 7.92. The maximum absolute atomic E-state index is 13.6. The minimum atomic E-state index is -4.14. The second kappa shape index (κ2) is 12.7. The van der Waals surface area contributed by atoms with Crippen molar-refractivity contribution >= 4 is 37.3 Å². The van der Waals surface area contributed by atoms with Crippen molar-refractivity contribution in [3.8, 4) is 11.5 Å². The molecule has 0 unspecified atom stereocenters. The molecular weight excluding hydrogens is 554 g/mol. The number of carbonyl (C=O) groups excluding carboxylic acids is 1. The summed E-state index contributed by atoms with van der Waals surface area (Å²) in [5.41, 5.74) is 0.502. The summed E-state index contributed by atoms with van der Waals surface area (Å²) in [7, 11) is -6.61. The first kappa shape index (κ1) is 29.4. The minimum absolute atomic E-state index is 0.00744. The van der Waals surface area contributed by atoms with Gasteiger partial charge in [-0.2, -0.15) is 4.31 Å². The Morgan fingerprint density at radius 2 is 1.60 bits per heavy atom. The summed E-state index contributed by atoms with van der Waals surface area (Å²) in [5.74, 6) is 0.0395. The molecule has 0 aliphatic carbocycles. The second-order valence-corrected chi connectivity index (χ2v) is 12.9. The van der Waals surface area contributed by atoms with Gasteiger partial charge in [-0.1, -0.05) is 24.6 Å². The zero-order valence-corrected chi connectivity index (χ0v) is 24.1. The predicted molar refractivity (Wildman–Crippen MR) is 153 cm³/mol. The van der Waals surface area contributed by atoms with Crippen LogP contribution in [0.5, 0.6) is 11.5 Å². The van der Waals surface area contributed by atoms with E-state index in [1.807, 2.05) is 6.92 Å². The standard InChI is InChI=1S/C28H33N3O7S2/c1-3-38-24-13-15-25(16-14-24)39(33,34)31(23-10-6-4-7-11-23)21-28(32)29-22-12-17-26(37-2)27(20-22)40(35,36)30-18-8-5-9-19-30/h4,6-7,10-17,20H,3,5,8-9,18-19,21H2,1-2H3,(H,29,32). The molecule has 214 valence electrons. The lowest BCUT2D eigenvalue weighted by atomic mass is 10.2. The monoisotopic (exact) mass is 587 g/mol. The molecule has 0 saturated carbocycles. The number of nitrogens with one attached hydrogen (secondary N) is 1. The molecule has 0 bridgehead atoms. The van der Waals surface area contributed by atoms with E-state index in [0.29, 0.717) is 31.1 Å². The van der Waals surface area contributed by atoms with E-state index >= 15 is 0 Å². The van der Waals surface area contributed by atoms with E-state index in [1.165, 1.54) is 41.7 Å². The van der Waals surface area contributed by atoms with E-state index < -0.39 is 32.5 Å². The highest BCUT2D eigenvalue weighted by Gasteiger charge is 2.30. The van der Waals surface area contributed by atoms with Crippen LogP contribution >= 0.6 is 0 Å². The number of methoxy groups -OCH3 is 1. The third-order valence-corrected chi connectivity index (χ3v) is 10.1. The average molecular weight is 588 g/mol. The van der Waals surface area contributed by atoms with Crippen LogP contribution in [0.3, 0.4) is 0 Å². The van der Waals surface area contributed by atoms with E-state index in [4.69, 9.17) is 9.47 Å². The summed E-state index contributed by atoms with van der Waals surface area (Å²) in [6, 6.07) is 18.6. The summed E-state index contributed by atoms with van der Waals surface area (Å²) in [4.78, 5) is 13.1. The van der Waals surface area contributed by atoms with E-state index in [-0.39, 0.29) is 21.2 Å². The fourth-order valence-electron chi connectivity index (χ4n) is 4.44. The lowest BCUT2D eigenvalue weighted by Gasteiger charge is -2.27. The van der Waals surface area contributed by atoms with Crippen LogP contribution in [0, 0.1) is 0 Å². The van der Waals surface area contributed by atoms with Gasteiger partial charge in [-0.15, -0.1) is 0 Å². The Kier molecular flexibility index (Phi) is 9.33. The van der Waals surface area contributed by atoms with Gasteiger partial charge in [-0.05, 0) is 74.4 Å². The molecule has 40 heavy (non-hydrogen) atoms. The molecule has 1 aliphatic heterocycles. The molecule has 1 amide bonds. The Hall–Kier alpha value is -3.61. The van der Waals surface area contributed by atoms with Crippen molar-refractivity contribution in [3.05, 3.63) is 72.8 Å². The third-order valence-electron chi connectivity index (χ3n) is 6.43. The van der Waals surface area contributed by atoms with Gasteiger partial charge in [0, 0.05) is 18.8 Å². The third kappa shape index (κ3) is 6.57. The number of sulfonamides is 2. The molecule has 0 spiro atoms. The molecule has 0 atom stereocenters. The van der Waals surface area contributed by atoms with E-state index in [2.05, 4.69) is 5.32 Å². The molecule has 4 rings (SSSR count). The SMILES string of the molecule is CCOc1ccc(S(=O)(=O)N(CC(=O)Nc2ccc(OC)c(S(=O)(=O)N3CCCCC3)c2)c2ccccc2)cc1. The van der Waals surface area contributed by atoms with Gasteiger partial charge in [0.25, 0.3) is 10.0 Å². The van der Waals surface area contributed by atoms with Crippen molar-refractivity contribution in [1.29, 1.82) is 0 Å². The largest absolute Gasteiger partial charge is 0.495 e. The Morgan fingerprint density at radius 3 is 2.23 bits per heavy atom. The predicted octanol–water partition coefficient (Wildman–Crippen LogP) is 4.10. The van der Waals surface area contributed by atoms with Gasteiger partial charge in [0.2, 0.25) is 15.9 Å². The zero-order valence-electron chi connectivity index (χ0n) is 22.4. The molecule has 3 aromatic rings. The number of benzene rings is 3. The molecule has 12 heteroatoms. The summed E-state index contributed by atoms with van der Waals surface area (Å²) in [6.07, 6.45) is 2.52. The maximum Gasteiger partial charge on any atom is 0.264 e. The van der Waals surface area contributed by atoms with Gasteiger partial charge in [0.15, 0.2) is 0 Å². The highest BCUT2D eigenvalue weighted by atomic mass is 32.2. The quantitative estimate of drug-likeness (QED) is 0.358. The topological polar surface area (TPSA) is 122 Å². The first-order valence-electron chi connectivity index (χ1n) is 13.0. The maximum atomic E-state index is 13.6. The molecule has 1 saturated heterocycles. The average Bonchev–Trinajstić information content (AvgIpc) is 2.97. The van der Waals surface area contributed by atoms with Gasteiger partial charge in [-0.3, -0.25) is 9.10 Å². The Morgan fingerprint density at radius 1 is 0.925 bits per heavy atom. The number of piperidine rings is 1. The second-order valence-electron chi connectivity index (χ2n) is 9.13. The first-order chi connectivity index (χ1) is 19.2. The van der Waals surface area contributed by atoms with Crippen LogP contribution in [0.2, 0.25) is 0 Å². The van der Waals surface area contributed by atoms with Crippen LogP contribution in [0.25, 0.3) is 0 Å². The van der Waals surface area contributed by atoms with Crippen LogP contribution in [-0.4, -0.2) is 60.4 Å². The van der Waals surface area contributed by atoms with Crippen LogP contribution in [0.1, 0.15) is 26.2 Å². The van der Waals surface area contributed by atoms with Crippen molar-refractivity contribution in [1.82, 2.24) is 4.31 Å². The van der Waals surface area contributed by atoms with Gasteiger partial charge < -0.3 is 14.8 Å². The Labute approximate surface area is 235 Å². The van der Waals surface area contributed by atoms with E-state index in [1.54, 1.807) is 42.5 Å². The normalized spacial score (nSPS) is 14.3. The molecule has 1 N–H and O–H groups in total. The molecule has 3 aromatic carbocycles. The van der Waals surface area contributed by atoms with Gasteiger partial charge in [0.05, 0.1) is 24.3 Å². The van der Waals surface area contributed by atoms with Crippen molar-refractivity contribution < 1.29 is 31.1 Å². The Balaban J connectivity index is 1.61. The van der Waals surface area contributed by atoms with Gasteiger partial charge in [-0.25, -0.2) is 16.8 Å². The van der Waals surface area contributed by atoms with Crippen LogP contribution < -0.4 is 19.1 Å². The number of carbonyl (C=O) groups is 1. The summed E-state index contributed by atoms with van der Waals surface area (Å²) in [6.45, 7) is 2.55. The molecule has 1 fully saturated rings. The van der Waals surface area contributed by atoms with Crippen LogP contribution in [0.15, 0.2) is 82.6 Å². The molecule has 1 heterocycles. The van der Waals surface area contributed by atoms with Crippen molar-refractivity contribution in [2.75, 3.05) is 43.0 Å². The Bertz CT molecular complexity index is 1520. The lowest BCUT2D eigenvalue weighted by Crippen LogP contribution is -2.38. The number of anilines is 2. The first-order valence-corrected chi connectivity index (χ1v) is 15.8. The summed E-state index contributed by atoms with van der Waals surface area (Å²) < 4.78 is 67.1. The summed E-state index contributed by atoms with van der Waals surface area (Å²) >= 11 is 0. The fourth-order valence-corrected chi connectivity index (χ4v) is 7.56. The van der Waals surface area contributed by atoms with Crippen molar-refractivity contribution in [3.63, 3.8) is 0 Å². The highest BCUT2D eigenvalue weighted by Crippen LogP contribution is 2.31. The van der Waals surface area contributed by atoms with Gasteiger partial charge in [0.1, 0.15) is 22.9 Å². The number of hydrogen-bond acceptors (Lipinski definition) is 7. The molecule has 0 aromatic heterocycles. The number of amides is 1. The number of ether oxygens (including phenoxy) is 2. The number of rotatable bonds is 11. The molecule has 0 radical (unpaired) electrons. The number of para-hydroxylation sites is 1. The molecule has 1 aliphatic rings. The number of nitrogens with zero attached hydrogens (tertiary/aromatic N) is 2. The minimum Gasteiger partial charge on any atom is -0.495 e. The zero-order chi connectivity index (χ0) is 28.8. The molecule has 10 nitrogen and oxygen atoms in total. The van der Waals surface area contributed by atoms with E-state index in [0.717, 1.165) is 23.6 Å². The van der Waals surface area contributed by atoms with Crippen LogP contribution in [-0.2, 0) is 24.8 Å². The van der Waals surface area contributed by atoms with E-state index in [9.17, 15) is 21.6 Å².